The van der Waals surface area contributed by atoms with Crippen LogP contribution in [0.5, 0.6) is 11.5 Å². The minimum Gasteiger partial charge on any atom is -0.508 e. The van der Waals surface area contributed by atoms with Crippen LogP contribution in [0.15, 0.2) is 39.4 Å². The number of nitrogens with one attached hydrogen (secondary N) is 1. The summed E-state index contributed by atoms with van der Waals surface area (Å²) in [5.74, 6) is -0.110. The Morgan fingerprint density at radius 3 is 2.76 bits per heavy atom. The van der Waals surface area contributed by atoms with E-state index in [1.807, 2.05) is 0 Å². The molecule has 21 heavy (non-hydrogen) atoms. The number of nitrogens with zero attached hydrogens (tertiary/aromatic N) is 2. The number of aryl methyl sites for hydroxylation is 1. The van der Waals surface area contributed by atoms with Crippen molar-refractivity contribution >= 4 is 17.5 Å². The monoisotopic (exact) mass is 307 g/mol. The molecule has 0 radical (unpaired) electrons. The minimum atomic E-state index is -0.264. The van der Waals surface area contributed by atoms with Gasteiger partial charge in [0.25, 0.3) is 5.56 Å². The highest BCUT2D eigenvalue weighted by atomic mass is 32.2. The van der Waals surface area contributed by atoms with Crippen LogP contribution < -0.4 is 5.56 Å². The number of thioether (sulfide) groups is 1. The third kappa shape index (κ3) is 3.76. The van der Waals surface area contributed by atoms with E-state index in [9.17, 15) is 15.0 Å². The van der Waals surface area contributed by atoms with Gasteiger partial charge in [-0.05, 0) is 19.1 Å². The zero-order valence-electron chi connectivity index (χ0n) is 11.1. The first kappa shape index (κ1) is 14.9. The zero-order valence-corrected chi connectivity index (χ0v) is 11.9. The minimum absolute atomic E-state index is 0.0918. The molecule has 0 aliphatic rings. The molecule has 0 aliphatic carbocycles. The van der Waals surface area contributed by atoms with E-state index in [0.717, 1.165) is 17.8 Å². The number of benzene rings is 1. The lowest BCUT2D eigenvalue weighted by Crippen LogP contribution is -2.10. The lowest BCUT2D eigenvalue weighted by molar-refractivity contribution is 0.319. The Kier molecular flexibility index (Phi) is 4.49. The van der Waals surface area contributed by atoms with Gasteiger partial charge in [-0.15, -0.1) is 0 Å². The van der Waals surface area contributed by atoms with Crippen LogP contribution in [0.2, 0.25) is 0 Å². The van der Waals surface area contributed by atoms with E-state index in [1.165, 1.54) is 18.2 Å². The van der Waals surface area contributed by atoms with E-state index in [1.54, 1.807) is 6.92 Å². The quantitative estimate of drug-likeness (QED) is 0.223. The van der Waals surface area contributed by atoms with Gasteiger partial charge >= 0.3 is 0 Å². The van der Waals surface area contributed by atoms with Crippen LogP contribution in [0.4, 0.5) is 0 Å². The van der Waals surface area contributed by atoms with Crippen LogP contribution in [0, 0.1) is 6.92 Å². The fourth-order valence-corrected chi connectivity index (χ4v) is 2.55. The molecule has 0 bridgehead atoms. The van der Waals surface area contributed by atoms with E-state index < -0.39 is 0 Å². The predicted octanol–water partition coefficient (Wildman–Crippen LogP) is 1.46. The van der Waals surface area contributed by atoms with Crippen molar-refractivity contribution in [2.45, 2.75) is 12.1 Å². The molecule has 0 fully saturated rings. The van der Waals surface area contributed by atoms with Crippen molar-refractivity contribution in [1.82, 2.24) is 9.97 Å². The third-order valence-electron chi connectivity index (χ3n) is 2.61. The van der Waals surface area contributed by atoms with Crippen LogP contribution >= 0.6 is 11.8 Å². The Morgan fingerprint density at radius 2 is 2.14 bits per heavy atom. The standard InChI is InChI=1S/C13H13N3O4S/c1-7-4-12(19)15-13(14-7)21-6-10(16-20)9-3-2-8(17)5-11(9)18/h2-5,17-18,20H,6H2,1H3,(H,14,15,19)/b16-10+. The van der Waals surface area contributed by atoms with Crippen LogP contribution in [-0.2, 0) is 0 Å². The molecule has 110 valence electrons. The van der Waals surface area contributed by atoms with Crippen molar-refractivity contribution in [3.8, 4) is 11.5 Å². The zero-order chi connectivity index (χ0) is 15.4. The highest BCUT2D eigenvalue weighted by molar-refractivity contribution is 7.99. The average molecular weight is 307 g/mol. The predicted molar refractivity (Wildman–Crippen MR) is 78.4 cm³/mol. The van der Waals surface area contributed by atoms with E-state index in [2.05, 4.69) is 15.1 Å². The Labute approximate surface area is 124 Å². The number of aromatic amines is 1. The van der Waals surface area contributed by atoms with Crippen LogP contribution in [0.25, 0.3) is 0 Å². The fraction of sp³-hybridized carbons (Fsp3) is 0.154. The van der Waals surface area contributed by atoms with Crippen LogP contribution in [0.1, 0.15) is 11.3 Å². The van der Waals surface area contributed by atoms with Gasteiger partial charge in [0, 0.05) is 29.1 Å². The second-order valence-electron chi connectivity index (χ2n) is 4.23. The molecule has 0 saturated heterocycles. The van der Waals surface area contributed by atoms with Crippen molar-refractivity contribution < 1.29 is 15.4 Å². The van der Waals surface area contributed by atoms with Crippen molar-refractivity contribution in [2.75, 3.05) is 5.75 Å². The van der Waals surface area contributed by atoms with Crippen molar-refractivity contribution in [3.63, 3.8) is 0 Å². The number of H-pyrrole nitrogens is 1. The molecule has 0 unspecified atom stereocenters. The lowest BCUT2D eigenvalue weighted by atomic mass is 10.1. The molecule has 4 N–H and O–H groups in total. The Balaban J connectivity index is 2.18. The molecule has 0 saturated carbocycles. The first-order valence-electron chi connectivity index (χ1n) is 5.93. The molecule has 0 spiro atoms. The van der Waals surface area contributed by atoms with Gasteiger partial charge in [-0.25, -0.2) is 4.98 Å². The number of rotatable bonds is 4. The summed E-state index contributed by atoms with van der Waals surface area (Å²) in [5.41, 5.74) is 0.802. The van der Waals surface area contributed by atoms with E-state index >= 15 is 0 Å². The van der Waals surface area contributed by atoms with E-state index in [-0.39, 0.29) is 34.1 Å². The Bertz CT molecular complexity index is 742. The van der Waals surface area contributed by atoms with Gasteiger partial charge in [-0.3, -0.25) is 4.79 Å². The number of hydrogen-bond acceptors (Lipinski definition) is 7. The molecular weight excluding hydrogens is 294 g/mol. The summed E-state index contributed by atoms with van der Waals surface area (Å²) in [6, 6.07) is 5.33. The molecule has 0 atom stereocenters. The molecule has 0 aliphatic heterocycles. The van der Waals surface area contributed by atoms with Crippen LogP contribution in [0.3, 0.4) is 0 Å². The van der Waals surface area contributed by atoms with Gasteiger partial charge in [0.05, 0.1) is 0 Å². The average Bonchev–Trinajstić information content (AvgIpc) is 2.40. The maximum atomic E-state index is 11.3. The summed E-state index contributed by atoms with van der Waals surface area (Å²) in [5, 5.41) is 31.6. The summed E-state index contributed by atoms with van der Waals surface area (Å²) < 4.78 is 0. The van der Waals surface area contributed by atoms with Gasteiger partial charge in [0.2, 0.25) is 0 Å². The van der Waals surface area contributed by atoms with Crippen molar-refractivity contribution in [1.29, 1.82) is 0 Å². The maximum Gasteiger partial charge on any atom is 0.251 e. The summed E-state index contributed by atoms with van der Waals surface area (Å²) in [4.78, 5) is 18.0. The number of hydrogen-bond donors (Lipinski definition) is 4. The van der Waals surface area contributed by atoms with Gasteiger partial charge in [-0.2, -0.15) is 0 Å². The SMILES string of the molecule is Cc1cc(=O)[nH]c(SC/C(=N\O)c2ccc(O)cc2O)n1. The van der Waals surface area contributed by atoms with Gasteiger partial charge in [-0.1, -0.05) is 16.9 Å². The topological polar surface area (TPSA) is 119 Å². The Hall–Kier alpha value is -2.48. The number of aromatic hydroxyl groups is 2. The molecule has 1 heterocycles. The molecule has 7 nitrogen and oxygen atoms in total. The van der Waals surface area contributed by atoms with E-state index in [0.29, 0.717) is 10.9 Å². The molecular formula is C13H13N3O4S. The third-order valence-corrected chi connectivity index (χ3v) is 3.49. The number of oxime groups is 1. The molecule has 2 rings (SSSR count). The second-order valence-corrected chi connectivity index (χ2v) is 5.19. The smallest absolute Gasteiger partial charge is 0.251 e. The first-order valence-corrected chi connectivity index (χ1v) is 6.92. The highest BCUT2D eigenvalue weighted by Crippen LogP contribution is 2.25. The van der Waals surface area contributed by atoms with Gasteiger partial charge in [0.1, 0.15) is 17.2 Å². The summed E-state index contributed by atoms with van der Waals surface area (Å²) in [6.07, 6.45) is 0. The van der Waals surface area contributed by atoms with Crippen LogP contribution in [-0.4, -0.2) is 36.9 Å². The van der Waals surface area contributed by atoms with E-state index in [4.69, 9.17) is 5.21 Å². The van der Waals surface area contributed by atoms with Gasteiger partial charge in [0.15, 0.2) is 5.16 Å². The number of phenols is 2. The lowest BCUT2D eigenvalue weighted by Gasteiger charge is -2.07. The number of aromatic nitrogens is 2. The molecule has 1 aromatic carbocycles. The summed E-state index contributed by atoms with van der Waals surface area (Å²) >= 11 is 1.16. The molecule has 0 amide bonds. The van der Waals surface area contributed by atoms with Gasteiger partial charge < -0.3 is 20.4 Å². The highest BCUT2D eigenvalue weighted by Gasteiger charge is 2.12. The Morgan fingerprint density at radius 1 is 1.38 bits per heavy atom. The summed E-state index contributed by atoms with van der Waals surface area (Å²) in [7, 11) is 0. The largest absolute Gasteiger partial charge is 0.508 e. The van der Waals surface area contributed by atoms with Crippen molar-refractivity contribution in [3.05, 3.63) is 45.9 Å². The maximum absolute atomic E-state index is 11.3. The fourth-order valence-electron chi connectivity index (χ4n) is 1.68. The summed E-state index contributed by atoms with van der Waals surface area (Å²) in [6.45, 7) is 1.70. The molecule has 2 aromatic rings. The van der Waals surface area contributed by atoms with Crippen molar-refractivity contribution in [2.24, 2.45) is 5.16 Å². The first-order chi connectivity index (χ1) is 9.99. The second kappa shape index (κ2) is 6.31. The molecule has 1 aromatic heterocycles. The normalized spacial score (nSPS) is 11.6. The molecule has 8 heteroatoms. The number of phenolic OH excluding ortho intramolecular Hbond substituents is 2.